The first-order chi connectivity index (χ1) is 31.8. The summed E-state index contributed by atoms with van der Waals surface area (Å²) >= 11 is 1.99. The van der Waals surface area contributed by atoms with Crippen molar-refractivity contribution in [3.05, 3.63) is 258 Å². The molecule has 3 aliphatic carbocycles. The number of benzene rings is 9. The van der Waals surface area contributed by atoms with Gasteiger partial charge in [-0.1, -0.05) is 170 Å². The number of nitrogens with zero attached hydrogens (tertiary/aromatic N) is 2. The van der Waals surface area contributed by atoms with Crippen LogP contribution in [-0.2, 0) is 5.41 Å². The van der Waals surface area contributed by atoms with E-state index in [1.807, 2.05) is 11.8 Å². The minimum atomic E-state index is -0.458. The van der Waals surface area contributed by atoms with Gasteiger partial charge in [-0.15, -0.1) is 11.8 Å². The Morgan fingerprint density at radius 2 is 1.03 bits per heavy atom. The fourth-order valence-electron chi connectivity index (χ4n) is 11.7. The summed E-state index contributed by atoms with van der Waals surface area (Å²) in [5, 5.41) is 2.93. The lowest BCUT2D eigenvalue weighted by Gasteiger charge is -2.33. The standard InChI is InChI=1S/C61H40N2S/c1-2-16-40(17-3-1)63-57-28-14-8-22-48(57)49-34-32-42(38-58(49)63)62(56-27-13-7-18-43(56)39-30-35-60-51(36-39)50-23-9-15-29-59(50)64-60)41-31-33-47-46-21-6-12-26-54(46)61(55(47)37-41)52-24-10-4-19-44(52)45-20-5-11-25-53(45)61/h1-38,50,59H. The molecule has 0 amide bonds. The van der Waals surface area contributed by atoms with E-state index in [1.165, 1.54) is 87.9 Å². The zero-order valence-corrected chi connectivity index (χ0v) is 35.7. The van der Waals surface area contributed by atoms with Crippen molar-refractivity contribution in [2.24, 2.45) is 0 Å². The molecule has 14 rings (SSSR count). The fraction of sp³-hybridized carbons (Fsp3) is 0.0492. The van der Waals surface area contributed by atoms with E-state index in [4.69, 9.17) is 0 Å². The third-order valence-corrected chi connectivity index (χ3v) is 15.7. The van der Waals surface area contributed by atoms with Gasteiger partial charge in [0.2, 0.25) is 0 Å². The van der Waals surface area contributed by atoms with Gasteiger partial charge >= 0.3 is 0 Å². The second-order valence-electron chi connectivity index (χ2n) is 17.5. The van der Waals surface area contributed by atoms with Gasteiger partial charge in [0.25, 0.3) is 0 Å². The van der Waals surface area contributed by atoms with E-state index >= 15 is 0 Å². The van der Waals surface area contributed by atoms with Crippen LogP contribution >= 0.6 is 11.8 Å². The average Bonchev–Trinajstić information content (AvgIpc) is 4.08. The van der Waals surface area contributed by atoms with Crippen LogP contribution in [0.4, 0.5) is 17.1 Å². The molecule has 2 unspecified atom stereocenters. The average molecular weight is 833 g/mol. The van der Waals surface area contributed by atoms with Gasteiger partial charge in [-0.3, -0.25) is 0 Å². The summed E-state index contributed by atoms with van der Waals surface area (Å²) in [6, 6.07) is 77.4. The van der Waals surface area contributed by atoms with Gasteiger partial charge in [0, 0.05) is 49.5 Å². The largest absolute Gasteiger partial charge is 0.310 e. The number of rotatable bonds is 5. The van der Waals surface area contributed by atoms with Gasteiger partial charge in [0.05, 0.1) is 22.1 Å². The highest BCUT2D eigenvalue weighted by Gasteiger charge is 2.51. The van der Waals surface area contributed by atoms with Crippen molar-refractivity contribution >= 4 is 50.6 Å². The van der Waals surface area contributed by atoms with E-state index in [1.54, 1.807) is 0 Å². The van der Waals surface area contributed by atoms with E-state index in [0.717, 1.165) is 22.7 Å². The van der Waals surface area contributed by atoms with Crippen LogP contribution in [0.5, 0.6) is 0 Å². The third-order valence-electron chi connectivity index (χ3n) is 14.3. The first-order valence-electron chi connectivity index (χ1n) is 22.3. The highest BCUT2D eigenvalue weighted by atomic mass is 32.2. The van der Waals surface area contributed by atoms with Crippen LogP contribution in [0.15, 0.2) is 235 Å². The van der Waals surface area contributed by atoms with Crippen LogP contribution in [0, 0.1) is 0 Å². The molecule has 0 saturated heterocycles. The molecule has 1 aromatic heterocycles. The molecule has 10 aromatic rings. The lowest BCUT2D eigenvalue weighted by Crippen LogP contribution is -2.26. The summed E-state index contributed by atoms with van der Waals surface area (Å²) in [5.41, 5.74) is 20.9. The van der Waals surface area contributed by atoms with Crippen molar-refractivity contribution < 1.29 is 0 Å². The Labute approximate surface area is 377 Å². The van der Waals surface area contributed by atoms with Gasteiger partial charge in [-0.25, -0.2) is 0 Å². The van der Waals surface area contributed by atoms with Crippen molar-refractivity contribution in [2.45, 2.75) is 21.5 Å². The molecule has 2 heterocycles. The van der Waals surface area contributed by atoms with Crippen LogP contribution in [0.2, 0.25) is 0 Å². The molecule has 9 aromatic carbocycles. The molecule has 0 fully saturated rings. The number of fused-ring (bicyclic) bond motifs is 16. The minimum Gasteiger partial charge on any atom is -0.310 e. The lowest BCUT2D eigenvalue weighted by atomic mass is 9.70. The van der Waals surface area contributed by atoms with Gasteiger partial charge in [-0.2, -0.15) is 0 Å². The van der Waals surface area contributed by atoms with E-state index in [2.05, 4.69) is 240 Å². The molecule has 2 atom stereocenters. The summed E-state index contributed by atoms with van der Waals surface area (Å²) in [5.74, 6) is 0.377. The van der Waals surface area contributed by atoms with Gasteiger partial charge < -0.3 is 9.47 Å². The highest BCUT2D eigenvalue weighted by molar-refractivity contribution is 8.00. The highest BCUT2D eigenvalue weighted by Crippen LogP contribution is 2.63. The molecule has 300 valence electrons. The summed E-state index contributed by atoms with van der Waals surface area (Å²) in [7, 11) is 0. The van der Waals surface area contributed by atoms with Crippen LogP contribution < -0.4 is 4.90 Å². The normalized spacial score (nSPS) is 16.7. The topological polar surface area (TPSA) is 8.17 Å². The summed E-state index contributed by atoms with van der Waals surface area (Å²) in [4.78, 5) is 3.91. The number of para-hydroxylation sites is 3. The Hall–Kier alpha value is -7.59. The van der Waals surface area contributed by atoms with E-state index in [9.17, 15) is 0 Å². The van der Waals surface area contributed by atoms with Crippen molar-refractivity contribution in [1.82, 2.24) is 4.57 Å². The number of anilines is 3. The van der Waals surface area contributed by atoms with Gasteiger partial charge in [-0.05, 0) is 116 Å². The predicted octanol–water partition coefficient (Wildman–Crippen LogP) is 15.9. The number of allylic oxidation sites excluding steroid dienone is 3. The molecule has 1 spiro atoms. The van der Waals surface area contributed by atoms with Crippen molar-refractivity contribution in [2.75, 3.05) is 4.90 Å². The maximum absolute atomic E-state index is 2.53. The zero-order valence-electron chi connectivity index (χ0n) is 34.9. The molecule has 2 nitrogen and oxygen atoms in total. The van der Waals surface area contributed by atoms with E-state index in [-0.39, 0.29) is 0 Å². The Balaban J connectivity index is 1.04. The maximum atomic E-state index is 2.53. The molecule has 0 saturated carbocycles. The van der Waals surface area contributed by atoms with Crippen molar-refractivity contribution in [1.29, 1.82) is 0 Å². The lowest BCUT2D eigenvalue weighted by molar-refractivity contribution is 0.793. The summed E-state index contributed by atoms with van der Waals surface area (Å²) in [6.45, 7) is 0. The minimum absolute atomic E-state index is 0.377. The Bertz CT molecular complexity index is 3560. The van der Waals surface area contributed by atoms with Crippen LogP contribution in [0.3, 0.4) is 0 Å². The van der Waals surface area contributed by atoms with Crippen LogP contribution in [-0.4, -0.2) is 9.82 Å². The van der Waals surface area contributed by atoms with Crippen molar-refractivity contribution in [3.63, 3.8) is 0 Å². The molecule has 1 aliphatic heterocycles. The molecule has 64 heavy (non-hydrogen) atoms. The summed E-state index contributed by atoms with van der Waals surface area (Å²) < 4.78 is 2.43. The van der Waals surface area contributed by atoms with Crippen LogP contribution in [0.1, 0.15) is 33.7 Å². The molecule has 3 heteroatoms. The number of aromatic nitrogens is 1. The third kappa shape index (κ3) is 4.93. The smallest absolute Gasteiger partial charge is 0.0726 e. The number of hydrogen-bond donors (Lipinski definition) is 0. The zero-order chi connectivity index (χ0) is 41.9. The molecular formula is C61H40N2S. The van der Waals surface area contributed by atoms with E-state index in [0.29, 0.717) is 11.2 Å². The second-order valence-corrected chi connectivity index (χ2v) is 18.7. The molecule has 4 aliphatic rings. The first kappa shape index (κ1) is 35.9. The number of hydrogen-bond acceptors (Lipinski definition) is 2. The summed E-state index contributed by atoms with van der Waals surface area (Å²) in [6.07, 6.45) is 9.15. The Kier molecular flexibility index (Phi) is 7.70. The van der Waals surface area contributed by atoms with Crippen LogP contribution in [0.25, 0.3) is 60.9 Å². The molecule has 0 radical (unpaired) electrons. The molecule has 0 bridgehead atoms. The SMILES string of the molecule is C1=CC2Sc3ccc(-c4ccccc4N(c4ccc5c(c4)C4(c6ccccc6-c6ccccc64)c4ccccc4-5)c4ccc5c6ccccc6n(-c6ccccc6)c5c4)cc3C2C=C1. The quantitative estimate of drug-likeness (QED) is 0.171. The van der Waals surface area contributed by atoms with Gasteiger partial charge in [0.1, 0.15) is 0 Å². The monoisotopic (exact) mass is 832 g/mol. The van der Waals surface area contributed by atoms with Crippen molar-refractivity contribution in [3.8, 4) is 39.1 Å². The first-order valence-corrected chi connectivity index (χ1v) is 23.2. The van der Waals surface area contributed by atoms with E-state index < -0.39 is 5.41 Å². The maximum Gasteiger partial charge on any atom is 0.0726 e. The Morgan fingerprint density at radius 3 is 1.80 bits per heavy atom. The fourth-order valence-corrected chi connectivity index (χ4v) is 13.0. The Morgan fingerprint density at radius 1 is 0.438 bits per heavy atom. The predicted molar refractivity (Wildman–Crippen MR) is 268 cm³/mol. The molecular weight excluding hydrogens is 793 g/mol. The number of thioether (sulfide) groups is 1. The van der Waals surface area contributed by atoms with Gasteiger partial charge in [0.15, 0.2) is 0 Å². The second kappa shape index (κ2) is 13.7. The molecule has 0 N–H and O–H groups in total.